The summed E-state index contributed by atoms with van der Waals surface area (Å²) in [5, 5.41) is 9.22. The average molecular weight is 247 g/mol. The van der Waals surface area contributed by atoms with Gasteiger partial charge in [0, 0.05) is 11.7 Å². The third kappa shape index (κ3) is 3.74. The van der Waals surface area contributed by atoms with Gasteiger partial charge in [-0.15, -0.1) is 0 Å². The van der Waals surface area contributed by atoms with Crippen LogP contribution in [0.25, 0.3) is 0 Å². The van der Waals surface area contributed by atoms with Gasteiger partial charge in [0.2, 0.25) is 0 Å². The maximum Gasteiger partial charge on any atom is 0.319 e. The largest absolute Gasteiger partial charge is 0.335 e. The summed E-state index contributed by atoms with van der Waals surface area (Å²) in [6, 6.07) is 9.58. The van der Waals surface area contributed by atoms with Crippen molar-refractivity contribution in [2.75, 3.05) is 18.4 Å². The number of anilines is 1. The standard InChI is InChI=1S/C14H21N3O/c1-11(12-6-5-9-15-10-12)16-14(18)17-13-7-3-2-4-8-13/h2-4,7-8,11-12,15H,5-6,9-10H2,1H3,(H2,16,17,18). The highest BCUT2D eigenvalue weighted by Crippen LogP contribution is 2.14. The molecule has 2 amide bonds. The molecule has 1 aliphatic rings. The Balaban J connectivity index is 1.79. The molecule has 2 rings (SSSR count). The Kier molecular flexibility index (Phi) is 4.59. The zero-order valence-corrected chi connectivity index (χ0v) is 10.8. The number of carbonyl (C=O) groups excluding carboxylic acids is 1. The van der Waals surface area contributed by atoms with Gasteiger partial charge in [0.1, 0.15) is 0 Å². The topological polar surface area (TPSA) is 53.2 Å². The number of hydrogen-bond acceptors (Lipinski definition) is 2. The van der Waals surface area contributed by atoms with Gasteiger partial charge >= 0.3 is 6.03 Å². The van der Waals surface area contributed by atoms with Crippen LogP contribution in [0, 0.1) is 5.92 Å². The molecule has 0 spiro atoms. The maximum absolute atomic E-state index is 11.8. The molecule has 1 aromatic carbocycles. The first kappa shape index (κ1) is 12.9. The molecule has 18 heavy (non-hydrogen) atoms. The molecule has 1 aliphatic heterocycles. The summed E-state index contributed by atoms with van der Waals surface area (Å²) in [4.78, 5) is 11.8. The van der Waals surface area contributed by atoms with E-state index in [1.54, 1.807) is 0 Å². The summed E-state index contributed by atoms with van der Waals surface area (Å²) in [7, 11) is 0. The number of nitrogens with one attached hydrogen (secondary N) is 3. The minimum Gasteiger partial charge on any atom is -0.335 e. The van der Waals surface area contributed by atoms with Crippen molar-refractivity contribution in [3.63, 3.8) is 0 Å². The number of amides is 2. The van der Waals surface area contributed by atoms with Gasteiger partial charge in [-0.2, -0.15) is 0 Å². The monoisotopic (exact) mass is 247 g/mol. The molecule has 0 radical (unpaired) electrons. The molecule has 0 aromatic heterocycles. The van der Waals surface area contributed by atoms with E-state index in [9.17, 15) is 4.79 Å². The van der Waals surface area contributed by atoms with E-state index in [-0.39, 0.29) is 12.1 Å². The second-order valence-corrected chi connectivity index (χ2v) is 4.86. The summed E-state index contributed by atoms with van der Waals surface area (Å²) >= 11 is 0. The Morgan fingerprint density at radius 3 is 2.83 bits per heavy atom. The number of hydrogen-bond donors (Lipinski definition) is 3. The normalized spacial score (nSPS) is 21.1. The van der Waals surface area contributed by atoms with Gasteiger partial charge in [-0.05, 0) is 50.9 Å². The number of para-hydroxylation sites is 1. The smallest absolute Gasteiger partial charge is 0.319 e. The highest BCUT2D eigenvalue weighted by atomic mass is 16.2. The minimum atomic E-state index is -0.126. The summed E-state index contributed by atoms with van der Waals surface area (Å²) < 4.78 is 0. The fourth-order valence-corrected chi connectivity index (χ4v) is 2.32. The van der Waals surface area contributed by atoms with Gasteiger partial charge in [-0.1, -0.05) is 18.2 Å². The van der Waals surface area contributed by atoms with Crippen molar-refractivity contribution in [1.82, 2.24) is 10.6 Å². The predicted molar refractivity (Wildman–Crippen MR) is 73.7 cm³/mol. The Morgan fingerprint density at radius 1 is 1.39 bits per heavy atom. The molecule has 1 aromatic rings. The third-order valence-electron chi connectivity index (χ3n) is 3.43. The van der Waals surface area contributed by atoms with Crippen LogP contribution in [-0.4, -0.2) is 25.2 Å². The lowest BCUT2D eigenvalue weighted by Gasteiger charge is -2.28. The van der Waals surface area contributed by atoms with E-state index in [2.05, 4.69) is 22.9 Å². The van der Waals surface area contributed by atoms with E-state index >= 15 is 0 Å². The first-order valence-corrected chi connectivity index (χ1v) is 6.59. The van der Waals surface area contributed by atoms with Crippen LogP contribution in [0.1, 0.15) is 19.8 Å². The van der Waals surface area contributed by atoms with Crippen LogP contribution in [0.3, 0.4) is 0 Å². The predicted octanol–water partition coefficient (Wildman–Crippen LogP) is 2.20. The lowest BCUT2D eigenvalue weighted by Crippen LogP contribution is -2.45. The van der Waals surface area contributed by atoms with E-state index in [0.717, 1.165) is 18.8 Å². The summed E-state index contributed by atoms with van der Waals surface area (Å²) in [6.07, 6.45) is 2.37. The van der Waals surface area contributed by atoms with Crippen LogP contribution in [0.15, 0.2) is 30.3 Å². The van der Waals surface area contributed by atoms with Crippen molar-refractivity contribution in [2.24, 2.45) is 5.92 Å². The Hall–Kier alpha value is -1.55. The number of piperidine rings is 1. The van der Waals surface area contributed by atoms with Gasteiger partial charge in [-0.3, -0.25) is 0 Å². The second kappa shape index (κ2) is 6.40. The van der Waals surface area contributed by atoms with Gasteiger partial charge < -0.3 is 16.0 Å². The van der Waals surface area contributed by atoms with E-state index < -0.39 is 0 Å². The molecule has 2 atom stereocenters. The fraction of sp³-hybridized carbons (Fsp3) is 0.500. The van der Waals surface area contributed by atoms with Crippen LogP contribution < -0.4 is 16.0 Å². The summed E-state index contributed by atoms with van der Waals surface area (Å²) in [6.45, 7) is 4.16. The second-order valence-electron chi connectivity index (χ2n) is 4.86. The van der Waals surface area contributed by atoms with Crippen molar-refractivity contribution in [3.05, 3.63) is 30.3 Å². The minimum absolute atomic E-state index is 0.126. The SMILES string of the molecule is CC(NC(=O)Nc1ccccc1)C1CCCNC1. The molecular formula is C14H21N3O. The zero-order chi connectivity index (χ0) is 12.8. The van der Waals surface area contributed by atoms with Crippen molar-refractivity contribution in [1.29, 1.82) is 0 Å². The molecular weight excluding hydrogens is 226 g/mol. The number of rotatable bonds is 3. The lowest BCUT2D eigenvalue weighted by atomic mass is 9.93. The lowest BCUT2D eigenvalue weighted by molar-refractivity contribution is 0.238. The molecule has 2 unspecified atom stereocenters. The Morgan fingerprint density at radius 2 is 2.17 bits per heavy atom. The molecule has 1 fully saturated rings. The molecule has 0 saturated carbocycles. The Bertz CT molecular complexity index is 374. The Labute approximate surface area is 108 Å². The molecule has 4 nitrogen and oxygen atoms in total. The van der Waals surface area contributed by atoms with Crippen LogP contribution in [0.5, 0.6) is 0 Å². The van der Waals surface area contributed by atoms with E-state index in [1.165, 1.54) is 12.8 Å². The van der Waals surface area contributed by atoms with Gasteiger partial charge in [0.05, 0.1) is 0 Å². The van der Waals surface area contributed by atoms with Gasteiger partial charge in [0.15, 0.2) is 0 Å². The first-order chi connectivity index (χ1) is 8.75. The highest BCUT2D eigenvalue weighted by Gasteiger charge is 2.21. The van der Waals surface area contributed by atoms with E-state index in [1.807, 2.05) is 30.3 Å². The highest BCUT2D eigenvalue weighted by molar-refractivity contribution is 5.89. The fourth-order valence-electron chi connectivity index (χ4n) is 2.32. The van der Waals surface area contributed by atoms with Crippen molar-refractivity contribution < 1.29 is 4.79 Å². The zero-order valence-electron chi connectivity index (χ0n) is 10.8. The van der Waals surface area contributed by atoms with Gasteiger partial charge in [0.25, 0.3) is 0 Å². The first-order valence-electron chi connectivity index (χ1n) is 6.59. The molecule has 98 valence electrons. The van der Waals surface area contributed by atoms with Crippen molar-refractivity contribution >= 4 is 11.7 Å². The number of urea groups is 1. The van der Waals surface area contributed by atoms with Crippen LogP contribution in [-0.2, 0) is 0 Å². The van der Waals surface area contributed by atoms with Crippen LogP contribution >= 0.6 is 0 Å². The quantitative estimate of drug-likeness (QED) is 0.767. The molecule has 0 aliphatic carbocycles. The summed E-state index contributed by atoms with van der Waals surface area (Å²) in [5.41, 5.74) is 0.823. The van der Waals surface area contributed by atoms with Crippen molar-refractivity contribution in [3.8, 4) is 0 Å². The molecule has 1 heterocycles. The average Bonchev–Trinajstić information content (AvgIpc) is 2.40. The van der Waals surface area contributed by atoms with E-state index in [0.29, 0.717) is 5.92 Å². The molecule has 3 N–H and O–H groups in total. The molecule has 0 bridgehead atoms. The van der Waals surface area contributed by atoms with Crippen molar-refractivity contribution in [2.45, 2.75) is 25.8 Å². The van der Waals surface area contributed by atoms with E-state index in [4.69, 9.17) is 0 Å². The molecule has 4 heteroatoms. The third-order valence-corrected chi connectivity index (χ3v) is 3.43. The number of carbonyl (C=O) groups is 1. The van der Waals surface area contributed by atoms with Crippen LogP contribution in [0.4, 0.5) is 10.5 Å². The molecule has 1 saturated heterocycles. The van der Waals surface area contributed by atoms with Crippen LogP contribution in [0.2, 0.25) is 0 Å². The van der Waals surface area contributed by atoms with Gasteiger partial charge in [-0.25, -0.2) is 4.79 Å². The number of benzene rings is 1. The maximum atomic E-state index is 11.8. The summed E-state index contributed by atoms with van der Waals surface area (Å²) in [5.74, 6) is 0.528.